The number of rotatable bonds is 7. The lowest BCUT2D eigenvalue weighted by Crippen LogP contribution is -2.46. The Morgan fingerprint density at radius 2 is 2.04 bits per heavy atom. The molecule has 0 spiro atoms. The van der Waals surface area contributed by atoms with Crippen molar-refractivity contribution in [2.75, 3.05) is 12.3 Å². The van der Waals surface area contributed by atoms with Gasteiger partial charge in [-0.1, -0.05) is 54.6 Å². The molecule has 5 nitrogen and oxygen atoms in total. The molecule has 1 amide bonds. The van der Waals surface area contributed by atoms with Gasteiger partial charge in [-0.2, -0.15) is 0 Å². The van der Waals surface area contributed by atoms with Gasteiger partial charge in [0.25, 0.3) is 0 Å². The minimum atomic E-state index is 0.0443. The van der Waals surface area contributed by atoms with Crippen LogP contribution in [0.1, 0.15) is 24.8 Å². The maximum atomic E-state index is 12.4. The molecule has 2 heterocycles. The molecule has 0 saturated heterocycles. The Morgan fingerprint density at radius 1 is 1.22 bits per heavy atom. The molecule has 3 aromatic rings. The highest BCUT2D eigenvalue weighted by atomic mass is 32.2. The second-order valence-corrected chi connectivity index (χ2v) is 8.80. The first-order chi connectivity index (χ1) is 13.2. The molecule has 4 rings (SSSR count). The van der Waals surface area contributed by atoms with Crippen LogP contribution in [0.25, 0.3) is 10.7 Å². The monoisotopic (exact) mass is 398 g/mol. The summed E-state index contributed by atoms with van der Waals surface area (Å²) in [6.45, 7) is 0.704. The third-order valence-corrected chi connectivity index (χ3v) is 7.12. The summed E-state index contributed by atoms with van der Waals surface area (Å²) in [4.78, 5) is 13.5. The number of benzene rings is 1. The maximum Gasteiger partial charge on any atom is 0.230 e. The number of nitrogens with zero attached hydrogens (tertiary/aromatic N) is 3. The smallest absolute Gasteiger partial charge is 0.230 e. The summed E-state index contributed by atoms with van der Waals surface area (Å²) in [6.07, 6.45) is 3.50. The van der Waals surface area contributed by atoms with Gasteiger partial charge < -0.3 is 9.88 Å². The summed E-state index contributed by atoms with van der Waals surface area (Å²) < 4.78 is 1.95. The van der Waals surface area contributed by atoms with Crippen LogP contribution in [0.3, 0.4) is 0 Å². The van der Waals surface area contributed by atoms with Crippen molar-refractivity contribution in [3.05, 3.63) is 53.4 Å². The van der Waals surface area contributed by atoms with E-state index in [2.05, 4.69) is 39.8 Å². The minimum Gasteiger partial charge on any atom is -0.354 e. The molecule has 1 saturated carbocycles. The number of thioether (sulfide) groups is 1. The van der Waals surface area contributed by atoms with Gasteiger partial charge in [-0.3, -0.25) is 4.79 Å². The van der Waals surface area contributed by atoms with E-state index in [1.165, 1.54) is 23.7 Å². The average molecular weight is 399 g/mol. The molecule has 1 fully saturated rings. The summed E-state index contributed by atoms with van der Waals surface area (Å²) in [7, 11) is 1.94. The van der Waals surface area contributed by atoms with Crippen molar-refractivity contribution in [1.29, 1.82) is 0 Å². The Balaban J connectivity index is 1.33. The number of hydrogen-bond acceptors (Lipinski definition) is 5. The number of hydrogen-bond donors (Lipinski definition) is 1. The zero-order valence-corrected chi connectivity index (χ0v) is 16.9. The van der Waals surface area contributed by atoms with E-state index < -0.39 is 0 Å². The van der Waals surface area contributed by atoms with Crippen LogP contribution in [0.5, 0.6) is 0 Å². The molecule has 0 atom stereocenters. The van der Waals surface area contributed by atoms with Gasteiger partial charge >= 0.3 is 0 Å². The molecule has 0 bridgehead atoms. The average Bonchev–Trinajstić information content (AvgIpc) is 3.30. The molecule has 1 aromatic carbocycles. The predicted octanol–water partition coefficient (Wildman–Crippen LogP) is 3.87. The fraction of sp³-hybridized carbons (Fsp3) is 0.350. The quantitative estimate of drug-likeness (QED) is 0.614. The first-order valence-corrected chi connectivity index (χ1v) is 10.9. The van der Waals surface area contributed by atoms with Crippen molar-refractivity contribution in [1.82, 2.24) is 20.1 Å². The second-order valence-electron chi connectivity index (χ2n) is 6.91. The first kappa shape index (κ1) is 18.3. The number of carbonyl (C=O) groups excluding carboxylic acids is 1. The Bertz CT molecular complexity index is 901. The van der Waals surface area contributed by atoms with Crippen molar-refractivity contribution in [2.45, 2.75) is 29.8 Å². The normalized spacial score (nSPS) is 15.3. The largest absolute Gasteiger partial charge is 0.354 e. The van der Waals surface area contributed by atoms with Gasteiger partial charge in [-0.05, 0) is 29.9 Å². The number of nitrogens with one attached hydrogen (secondary N) is 1. The van der Waals surface area contributed by atoms with Crippen LogP contribution in [-0.4, -0.2) is 33.0 Å². The molecule has 1 aliphatic rings. The lowest BCUT2D eigenvalue weighted by molar-refractivity contribution is -0.119. The molecule has 0 unspecified atom stereocenters. The van der Waals surface area contributed by atoms with Crippen molar-refractivity contribution < 1.29 is 4.79 Å². The van der Waals surface area contributed by atoms with Crippen LogP contribution in [0.2, 0.25) is 0 Å². The Morgan fingerprint density at radius 3 is 2.70 bits per heavy atom. The van der Waals surface area contributed by atoms with E-state index >= 15 is 0 Å². The molecule has 1 N–H and O–H groups in total. The fourth-order valence-electron chi connectivity index (χ4n) is 3.47. The molecule has 0 aliphatic heterocycles. The van der Waals surface area contributed by atoms with E-state index in [-0.39, 0.29) is 11.3 Å². The topological polar surface area (TPSA) is 59.8 Å². The molecule has 1 aliphatic carbocycles. The fourth-order valence-corrected chi connectivity index (χ4v) is 4.96. The zero-order chi connectivity index (χ0) is 18.7. The van der Waals surface area contributed by atoms with E-state index in [4.69, 9.17) is 0 Å². The van der Waals surface area contributed by atoms with Crippen LogP contribution in [0, 0.1) is 0 Å². The molecule has 7 heteroatoms. The summed E-state index contributed by atoms with van der Waals surface area (Å²) >= 11 is 3.06. The Labute approximate surface area is 167 Å². The van der Waals surface area contributed by atoms with Gasteiger partial charge in [0.1, 0.15) is 0 Å². The van der Waals surface area contributed by atoms with Gasteiger partial charge in [0.2, 0.25) is 5.91 Å². The molecule has 140 valence electrons. The standard InChI is InChI=1S/C20H22N4OS2/c1-24-18(16-9-5-12-26-16)22-23-19(24)27-13-17(25)21-14-20(10-6-11-20)15-7-3-2-4-8-15/h2-5,7-9,12H,6,10-11,13-14H2,1H3,(H,21,25). The second kappa shape index (κ2) is 7.86. The van der Waals surface area contributed by atoms with Crippen LogP contribution < -0.4 is 5.32 Å². The Kier molecular flexibility index (Phi) is 5.31. The summed E-state index contributed by atoms with van der Waals surface area (Å²) in [5.74, 6) is 1.23. The lowest BCUT2D eigenvalue weighted by Gasteiger charge is -2.42. The van der Waals surface area contributed by atoms with Crippen LogP contribution >= 0.6 is 23.1 Å². The molecular formula is C20H22N4OS2. The van der Waals surface area contributed by atoms with Crippen LogP contribution in [-0.2, 0) is 17.3 Å². The van der Waals surface area contributed by atoms with Gasteiger partial charge in [0.05, 0.1) is 10.6 Å². The maximum absolute atomic E-state index is 12.4. The molecule has 2 aromatic heterocycles. The van der Waals surface area contributed by atoms with Gasteiger partial charge in [-0.15, -0.1) is 21.5 Å². The zero-order valence-electron chi connectivity index (χ0n) is 15.2. The number of amides is 1. The van der Waals surface area contributed by atoms with E-state index in [9.17, 15) is 4.79 Å². The Hall–Kier alpha value is -2.12. The van der Waals surface area contributed by atoms with E-state index in [1.54, 1.807) is 11.3 Å². The molecular weight excluding hydrogens is 376 g/mol. The van der Waals surface area contributed by atoms with E-state index in [0.29, 0.717) is 12.3 Å². The number of thiophene rings is 1. The van der Waals surface area contributed by atoms with Gasteiger partial charge in [0, 0.05) is 19.0 Å². The summed E-state index contributed by atoms with van der Waals surface area (Å²) in [6, 6.07) is 14.6. The number of carbonyl (C=O) groups is 1. The van der Waals surface area contributed by atoms with Crippen molar-refractivity contribution >= 4 is 29.0 Å². The predicted molar refractivity (Wildman–Crippen MR) is 110 cm³/mol. The highest BCUT2D eigenvalue weighted by Crippen LogP contribution is 2.43. The SMILES string of the molecule is Cn1c(SCC(=O)NCC2(c3ccccc3)CCC2)nnc1-c1cccs1. The van der Waals surface area contributed by atoms with E-state index in [0.717, 1.165) is 28.7 Å². The summed E-state index contributed by atoms with van der Waals surface area (Å²) in [5.41, 5.74) is 1.44. The first-order valence-electron chi connectivity index (χ1n) is 9.06. The van der Waals surface area contributed by atoms with Crippen LogP contribution in [0.15, 0.2) is 53.0 Å². The van der Waals surface area contributed by atoms with Crippen molar-refractivity contribution in [3.8, 4) is 10.7 Å². The van der Waals surface area contributed by atoms with Crippen LogP contribution in [0.4, 0.5) is 0 Å². The van der Waals surface area contributed by atoms with Crippen molar-refractivity contribution in [3.63, 3.8) is 0 Å². The van der Waals surface area contributed by atoms with Gasteiger partial charge in [0.15, 0.2) is 11.0 Å². The molecule has 27 heavy (non-hydrogen) atoms. The minimum absolute atomic E-state index is 0.0443. The number of aromatic nitrogens is 3. The van der Waals surface area contributed by atoms with Gasteiger partial charge in [-0.25, -0.2) is 0 Å². The van der Waals surface area contributed by atoms with Crippen molar-refractivity contribution in [2.24, 2.45) is 7.05 Å². The lowest BCUT2D eigenvalue weighted by atomic mass is 9.64. The summed E-state index contributed by atoms with van der Waals surface area (Å²) in [5, 5.41) is 14.4. The third-order valence-electron chi connectivity index (χ3n) is 5.23. The van der Waals surface area contributed by atoms with E-state index in [1.807, 2.05) is 35.2 Å². The highest BCUT2D eigenvalue weighted by Gasteiger charge is 2.38. The molecule has 0 radical (unpaired) electrons. The highest BCUT2D eigenvalue weighted by molar-refractivity contribution is 7.99. The third kappa shape index (κ3) is 3.80.